The summed E-state index contributed by atoms with van der Waals surface area (Å²) in [6.45, 7) is 7.01. The molecule has 0 saturated heterocycles. The van der Waals surface area contributed by atoms with E-state index >= 15 is 0 Å². The van der Waals surface area contributed by atoms with Crippen molar-refractivity contribution in [3.8, 4) is 0 Å². The molecule has 0 radical (unpaired) electrons. The van der Waals surface area contributed by atoms with E-state index in [1.807, 2.05) is 20.8 Å². The predicted molar refractivity (Wildman–Crippen MR) is 72.2 cm³/mol. The van der Waals surface area contributed by atoms with Crippen molar-refractivity contribution in [1.82, 2.24) is 15.1 Å². The molecule has 0 aliphatic rings. The highest BCUT2D eigenvalue weighted by molar-refractivity contribution is 5.92. The number of carbonyl (C=O) groups excluding carboxylic acids is 1. The van der Waals surface area contributed by atoms with Crippen LogP contribution in [0.15, 0.2) is 6.07 Å². The van der Waals surface area contributed by atoms with Gasteiger partial charge >= 0.3 is 0 Å². The van der Waals surface area contributed by atoms with Gasteiger partial charge in [0.05, 0.1) is 18.4 Å². The quantitative estimate of drug-likeness (QED) is 0.766. The van der Waals surface area contributed by atoms with Gasteiger partial charge in [0, 0.05) is 20.2 Å². The number of carbonyl (C=O) groups is 1. The van der Waals surface area contributed by atoms with Gasteiger partial charge in [-0.1, -0.05) is 13.8 Å². The van der Waals surface area contributed by atoms with Gasteiger partial charge in [-0.15, -0.1) is 0 Å². The number of aliphatic hydroxyl groups is 1. The van der Waals surface area contributed by atoms with E-state index in [1.54, 1.807) is 10.7 Å². The van der Waals surface area contributed by atoms with Gasteiger partial charge in [0.1, 0.15) is 5.69 Å². The highest BCUT2D eigenvalue weighted by Gasteiger charge is 2.16. The van der Waals surface area contributed by atoms with E-state index in [0.717, 1.165) is 5.69 Å². The molecule has 0 aromatic carbocycles. The zero-order valence-corrected chi connectivity index (χ0v) is 12.0. The Morgan fingerprint density at radius 3 is 2.79 bits per heavy atom. The fourth-order valence-electron chi connectivity index (χ4n) is 1.70. The SMILES string of the molecule is CCn1nc(C(C)C)cc1C(=O)NCC(O)COC. The number of methoxy groups -OCH3 is 1. The third-order valence-electron chi connectivity index (χ3n) is 2.78. The zero-order chi connectivity index (χ0) is 14.4. The minimum absolute atomic E-state index is 0.165. The molecule has 0 saturated carbocycles. The summed E-state index contributed by atoms with van der Waals surface area (Å²) in [4.78, 5) is 12.0. The highest BCUT2D eigenvalue weighted by Crippen LogP contribution is 2.14. The predicted octanol–water partition coefficient (Wildman–Crippen LogP) is 0.763. The lowest BCUT2D eigenvalue weighted by atomic mass is 10.1. The zero-order valence-electron chi connectivity index (χ0n) is 12.0. The number of amides is 1. The first-order chi connectivity index (χ1) is 8.99. The van der Waals surface area contributed by atoms with Crippen LogP contribution in [0.4, 0.5) is 0 Å². The Morgan fingerprint density at radius 1 is 1.58 bits per heavy atom. The molecule has 2 N–H and O–H groups in total. The van der Waals surface area contributed by atoms with Gasteiger partial charge < -0.3 is 15.2 Å². The molecule has 108 valence electrons. The van der Waals surface area contributed by atoms with Gasteiger partial charge in [0.15, 0.2) is 0 Å². The second-order valence-electron chi connectivity index (χ2n) is 4.74. The standard InChI is InChI=1S/C13H23N3O3/c1-5-16-12(6-11(15-16)9(2)3)13(18)14-7-10(17)8-19-4/h6,9-10,17H,5,7-8H2,1-4H3,(H,14,18). The second kappa shape index (κ2) is 7.25. The lowest BCUT2D eigenvalue weighted by Crippen LogP contribution is -2.35. The Balaban J connectivity index is 2.70. The maximum atomic E-state index is 12.0. The van der Waals surface area contributed by atoms with Crippen LogP contribution >= 0.6 is 0 Å². The van der Waals surface area contributed by atoms with Crippen LogP contribution in [0.1, 0.15) is 42.9 Å². The van der Waals surface area contributed by atoms with Crippen LogP contribution in [-0.4, -0.2) is 47.2 Å². The van der Waals surface area contributed by atoms with E-state index in [1.165, 1.54) is 7.11 Å². The summed E-state index contributed by atoms with van der Waals surface area (Å²) in [5.41, 5.74) is 1.42. The average Bonchev–Trinajstić information content (AvgIpc) is 2.80. The first kappa shape index (κ1) is 15.7. The first-order valence-electron chi connectivity index (χ1n) is 6.52. The van der Waals surface area contributed by atoms with Crippen LogP contribution in [-0.2, 0) is 11.3 Å². The van der Waals surface area contributed by atoms with Crippen LogP contribution in [0.25, 0.3) is 0 Å². The van der Waals surface area contributed by atoms with Crippen molar-refractivity contribution in [1.29, 1.82) is 0 Å². The fraction of sp³-hybridized carbons (Fsp3) is 0.692. The van der Waals surface area contributed by atoms with Crippen LogP contribution in [0.5, 0.6) is 0 Å². The van der Waals surface area contributed by atoms with Crippen molar-refractivity contribution < 1.29 is 14.6 Å². The molecule has 1 atom stereocenters. The molecule has 0 aliphatic carbocycles. The molecule has 1 aromatic rings. The summed E-state index contributed by atoms with van der Waals surface area (Å²) in [6.07, 6.45) is -0.698. The van der Waals surface area contributed by atoms with Gasteiger partial charge in [-0.2, -0.15) is 5.10 Å². The van der Waals surface area contributed by atoms with Crippen molar-refractivity contribution in [2.45, 2.75) is 39.3 Å². The van der Waals surface area contributed by atoms with Gasteiger partial charge in [-0.3, -0.25) is 9.48 Å². The topological polar surface area (TPSA) is 76.4 Å². The second-order valence-corrected chi connectivity index (χ2v) is 4.74. The summed E-state index contributed by atoms with van der Waals surface area (Å²) in [5, 5.41) is 16.6. The lowest BCUT2D eigenvalue weighted by Gasteiger charge is -2.11. The molecule has 1 aromatic heterocycles. The highest BCUT2D eigenvalue weighted by atomic mass is 16.5. The molecule has 0 aliphatic heterocycles. The number of nitrogens with zero attached hydrogens (tertiary/aromatic N) is 2. The maximum Gasteiger partial charge on any atom is 0.269 e. The Hall–Kier alpha value is -1.40. The normalized spacial score (nSPS) is 12.7. The Bertz CT molecular complexity index is 415. The number of hydrogen-bond donors (Lipinski definition) is 2. The number of rotatable bonds is 7. The van der Waals surface area contributed by atoms with Crippen molar-refractivity contribution in [3.63, 3.8) is 0 Å². The molecule has 0 spiro atoms. The van der Waals surface area contributed by atoms with E-state index in [0.29, 0.717) is 12.2 Å². The summed E-state index contributed by atoms with van der Waals surface area (Å²) in [7, 11) is 1.51. The smallest absolute Gasteiger partial charge is 0.269 e. The molecule has 1 heterocycles. The van der Waals surface area contributed by atoms with Crippen LogP contribution in [0.3, 0.4) is 0 Å². The number of nitrogens with one attached hydrogen (secondary N) is 1. The number of aryl methyl sites for hydroxylation is 1. The minimum Gasteiger partial charge on any atom is -0.389 e. The molecule has 1 unspecified atom stereocenters. The summed E-state index contributed by atoms with van der Waals surface area (Å²) < 4.78 is 6.48. The molecule has 0 fully saturated rings. The maximum absolute atomic E-state index is 12.0. The molecular weight excluding hydrogens is 246 g/mol. The third kappa shape index (κ3) is 4.33. The van der Waals surface area contributed by atoms with E-state index < -0.39 is 6.10 Å². The summed E-state index contributed by atoms with van der Waals surface area (Å²) in [5.74, 6) is 0.0508. The van der Waals surface area contributed by atoms with Crippen LogP contribution in [0.2, 0.25) is 0 Å². The molecule has 6 nitrogen and oxygen atoms in total. The number of aromatic nitrogens is 2. The lowest BCUT2D eigenvalue weighted by molar-refractivity contribution is 0.0607. The largest absolute Gasteiger partial charge is 0.389 e. The van der Waals surface area contributed by atoms with Crippen molar-refractivity contribution in [2.75, 3.05) is 20.3 Å². The number of aliphatic hydroxyl groups excluding tert-OH is 1. The fourth-order valence-corrected chi connectivity index (χ4v) is 1.70. The van der Waals surface area contributed by atoms with E-state index in [4.69, 9.17) is 4.74 Å². The molecule has 0 bridgehead atoms. The van der Waals surface area contributed by atoms with Crippen LogP contribution < -0.4 is 5.32 Å². The van der Waals surface area contributed by atoms with Crippen molar-refractivity contribution >= 4 is 5.91 Å². The van der Waals surface area contributed by atoms with E-state index in [2.05, 4.69) is 10.4 Å². The van der Waals surface area contributed by atoms with E-state index in [9.17, 15) is 9.90 Å². The number of hydrogen-bond acceptors (Lipinski definition) is 4. The Labute approximate surface area is 113 Å². The van der Waals surface area contributed by atoms with Crippen molar-refractivity contribution in [2.24, 2.45) is 0 Å². The van der Waals surface area contributed by atoms with Gasteiger partial charge in [-0.25, -0.2) is 0 Å². The van der Waals surface area contributed by atoms with Gasteiger partial charge in [0.25, 0.3) is 5.91 Å². The number of ether oxygens (including phenoxy) is 1. The van der Waals surface area contributed by atoms with Gasteiger partial charge in [-0.05, 0) is 18.9 Å². The molecule has 1 rings (SSSR count). The Morgan fingerprint density at radius 2 is 2.26 bits per heavy atom. The van der Waals surface area contributed by atoms with Crippen LogP contribution in [0, 0.1) is 0 Å². The van der Waals surface area contributed by atoms with Gasteiger partial charge in [0.2, 0.25) is 0 Å². The first-order valence-corrected chi connectivity index (χ1v) is 6.52. The monoisotopic (exact) mass is 269 g/mol. The molecule has 6 heteroatoms. The van der Waals surface area contributed by atoms with E-state index in [-0.39, 0.29) is 25.0 Å². The summed E-state index contributed by atoms with van der Waals surface area (Å²) >= 11 is 0. The average molecular weight is 269 g/mol. The molecule has 1 amide bonds. The molecule has 19 heavy (non-hydrogen) atoms. The summed E-state index contributed by atoms with van der Waals surface area (Å²) in [6, 6.07) is 1.80. The minimum atomic E-state index is -0.698. The third-order valence-corrected chi connectivity index (χ3v) is 2.78. The molecular formula is C13H23N3O3. The Kier molecular flexibility index (Phi) is 5.98. The van der Waals surface area contributed by atoms with Crippen molar-refractivity contribution in [3.05, 3.63) is 17.5 Å².